The van der Waals surface area contributed by atoms with E-state index in [-0.39, 0.29) is 5.91 Å². The van der Waals surface area contributed by atoms with Gasteiger partial charge in [0.1, 0.15) is 0 Å². The first-order chi connectivity index (χ1) is 9.19. The van der Waals surface area contributed by atoms with Gasteiger partial charge in [0, 0.05) is 12.1 Å². The first kappa shape index (κ1) is 14.1. The molecule has 0 aliphatic heterocycles. The summed E-state index contributed by atoms with van der Waals surface area (Å²) in [6.07, 6.45) is 5.77. The van der Waals surface area contributed by atoms with Crippen LogP contribution >= 0.6 is 0 Å². The molecule has 104 valence electrons. The number of carbonyl (C=O) groups excluding carboxylic acids is 1. The summed E-state index contributed by atoms with van der Waals surface area (Å²) < 4.78 is 0. The average molecular weight is 260 g/mol. The van der Waals surface area contributed by atoms with Crippen LogP contribution in [-0.4, -0.2) is 19.0 Å². The van der Waals surface area contributed by atoms with Gasteiger partial charge in [-0.05, 0) is 55.3 Å². The minimum atomic E-state index is 0.0404. The quantitative estimate of drug-likeness (QED) is 0.825. The highest BCUT2D eigenvalue weighted by Gasteiger charge is 2.35. The Kier molecular flexibility index (Phi) is 4.59. The second-order valence-corrected chi connectivity index (χ2v) is 5.63. The Hall–Kier alpha value is -1.35. The summed E-state index contributed by atoms with van der Waals surface area (Å²) in [6, 6.07) is 7.76. The van der Waals surface area contributed by atoms with Crippen molar-refractivity contribution >= 4 is 5.91 Å². The summed E-state index contributed by atoms with van der Waals surface area (Å²) >= 11 is 0. The average Bonchev–Trinajstić information content (AvgIpc) is 2.38. The Morgan fingerprint density at radius 2 is 2.21 bits per heavy atom. The van der Waals surface area contributed by atoms with Gasteiger partial charge in [0.25, 0.3) is 5.91 Å². The highest BCUT2D eigenvalue weighted by Crippen LogP contribution is 2.43. The van der Waals surface area contributed by atoms with Gasteiger partial charge in [-0.25, -0.2) is 0 Å². The van der Waals surface area contributed by atoms with Gasteiger partial charge >= 0.3 is 0 Å². The van der Waals surface area contributed by atoms with Crippen molar-refractivity contribution in [2.45, 2.75) is 39.0 Å². The molecule has 3 heteroatoms. The fourth-order valence-corrected chi connectivity index (χ4v) is 2.74. The molecule has 19 heavy (non-hydrogen) atoms. The Morgan fingerprint density at radius 3 is 2.79 bits per heavy atom. The lowest BCUT2D eigenvalue weighted by atomic mass is 9.67. The highest BCUT2D eigenvalue weighted by atomic mass is 16.1. The summed E-state index contributed by atoms with van der Waals surface area (Å²) in [6.45, 7) is 3.64. The molecule has 0 spiro atoms. The van der Waals surface area contributed by atoms with Crippen LogP contribution in [0.25, 0.3) is 0 Å². The van der Waals surface area contributed by atoms with Gasteiger partial charge in [-0.2, -0.15) is 0 Å². The molecular formula is C16H24N2O. The fraction of sp³-hybridized carbons (Fsp3) is 0.562. The number of nitrogens with one attached hydrogen (secondary N) is 1. The summed E-state index contributed by atoms with van der Waals surface area (Å²) in [7, 11) is 0. The molecular weight excluding hydrogens is 236 g/mol. The minimum Gasteiger partial charge on any atom is -0.351 e. The summed E-state index contributed by atoms with van der Waals surface area (Å²) in [4.78, 5) is 12.2. The van der Waals surface area contributed by atoms with Crippen molar-refractivity contribution in [3.8, 4) is 0 Å². The molecule has 0 unspecified atom stereocenters. The minimum absolute atomic E-state index is 0.0404. The number of hydrogen-bond donors (Lipinski definition) is 2. The lowest BCUT2D eigenvalue weighted by molar-refractivity contribution is 0.0850. The van der Waals surface area contributed by atoms with Crippen molar-refractivity contribution in [2.24, 2.45) is 11.1 Å². The van der Waals surface area contributed by atoms with Crippen molar-refractivity contribution in [3.63, 3.8) is 0 Å². The van der Waals surface area contributed by atoms with E-state index in [0.29, 0.717) is 12.0 Å². The number of nitrogens with two attached hydrogens (primary N) is 1. The highest BCUT2D eigenvalue weighted by molar-refractivity contribution is 5.94. The zero-order valence-corrected chi connectivity index (χ0v) is 11.7. The van der Waals surface area contributed by atoms with Crippen LogP contribution < -0.4 is 11.1 Å². The zero-order chi connectivity index (χ0) is 13.7. The first-order valence-corrected chi connectivity index (χ1v) is 7.26. The van der Waals surface area contributed by atoms with Crippen molar-refractivity contribution in [2.75, 3.05) is 13.1 Å². The topological polar surface area (TPSA) is 55.1 Å². The maximum Gasteiger partial charge on any atom is 0.251 e. The molecule has 1 aromatic rings. The van der Waals surface area contributed by atoms with Gasteiger partial charge < -0.3 is 11.1 Å². The van der Waals surface area contributed by atoms with Gasteiger partial charge in [-0.3, -0.25) is 4.79 Å². The van der Waals surface area contributed by atoms with E-state index in [1.165, 1.54) is 19.3 Å². The van der Waals surface area contributed by atoms with E-state index in [4.69, 9.17) is 5.73 Å². The van der Waals surface area contributed by atoms with Gasteiger partial charge in [0.15, 0.2) is 0 Å². The Bertz CT molecular complexity index is 433. The predicted molar refractivity (Wildman–Crippen MR) is 78.1 cm³/mol. The van der Waals surface area contributed by atoms with E-state index in [1.807, 2.05) is 24.3 Å². The normalized spacial score (nSPS) is 16.7. The van der Waals surface area contributed by atoms with Gasteiger partial charge in [-0.1, -0.05) is 25.5 Å². The van der Waals surface area contributed by atoms with Crippen LogP contribution in [0, 0.1) is 5.41 Å². The first-order valence-electron chi connectivity index (χ1n) is 7.26. The molecule has 1 aliphatic rings. The molecule has 0 bridgehead atoms. The molecule has 1 aliphatic carbocycles. The van der Waals surface area contributed by atoms with Crippen LogP contribution in [0.3, 0.4) is 0 Å². The largest absolute Gasteiger partial charge is 0.351 e. The van der Waals surface area contributed by atoms with E-state index < -0.39 is 0 Å². The standard InChI is InChI=1S/C16H24N2O/c1-2-16(8-4-9-16)12-18-15(19)14-6-3-5-13(11-14)7-10-17/h3,5-6,11H,2,4,7-10,12,17H2,1H3,(H,18,19). The maximum atomic E-state index is 12.2. The van der Waals surface area contributed by atoms with Crippen molar-refractivity contribution in [1.82, 2.24) is 5.32 Å². The molecule has 3 N–H and O–H groups in total. The van der Waals surface area contributed by atoms with Crippen molar-refractivity contribution in [3.05, 3.63) is 35.4 Å². The third kappa shape index (κ3) is 3.35. The molecule has 0 radical (unpaired) electrons. The van der Waals surface area contributed by atoms with Crippen molar-refractivity contribution in [1.29, 1.82) is 0 Å². The van der Waals surface area contributed by atoms with Crippen LogP contribution in [0.4, 0.5) is 0 Å². The Balaban J connectivity index is 1.94. The maximum absolute atomic E-state index is 12.2. The number of carbonyl (C=O) groups is 1. The zero-order valence-electron chi connectivity index (χ0n) is 11.7. The van der Waals surface area contributed by atoms with E-state index >= 15 is 0 Å². The van der Waals surface area contributed by atoms with Crippen molar-refractivity contribution < 1.29 is 4.79 Å². The number of amides is 1. The summed E-state index contributed by atoms with van der Waals surface area (Å²) in [5.74, 6) is 0.0404. The third-order valence-electron chi connectivity index (χ3n) is 4.41. The molecule has 1 saturated carbocycles. The van der Waals surface area contributed by atoms with Gasteiger partial charge in [0.05, 0.1) is 0 Å². The third-order valence-corrected chi connectivity index (χ3v) is 4.41. The van der Waals surface area contributed by atoms with Crippen LogP contribution in [-0.2, 0) is 6.42 Å². The van der Waals surface area contributed by atoms with Crippen LogP contribution in [0.1, 0.15) is 48.5 Å². The van der Waals surface area contributed by atoms with E-state index in [9.17, 15) is 4.79 Å². The molecule has 1 fully saturated rings. The molecule has 0 atom stereocenters. The number of rotatable bonds is 6. The van der Waals surface area contributed by atoms with Gasteiger partial charge in [-0.15, -0.1) is 0 Å². The lowest BCUT2D eigenvalue weighted by Crippen LogP contribution is -2.41. The summed E-state index contributed by atoms with van der Waals surface area (Å²) in [5.41, 5.74) is 7.79. The second kappa shape index (κ2) is 6.20. The van der Waals surface area contributed by atoms with Gasteiger partial charge in [0.2, 0.25) is 0 Å². The monoisotopic (exact) mass is 260 g/mol. The Morgan fingerprint density at radius 1 is 1.42 bits per heavy atom. The van der Waals surface area contributed by atoms with E-state index in [1.54, 1.807) is 0 Å². The molecule has 1 aromatic carbocycles. The van der Waals surface area contributed by atoms with E-state index in [2.05, 4.69) is 12.2 Å². The van der Waals surface area contributed by atoms with E-state index in [0.717, 1.165) is 30.5 Å². The molecule has 3 nitrogen and oxygen atoms in total. The molecule has 2 rings (SSSR count). The van der Waals surface area contributed by atoms with Crippen LogP contribution in [0.15, 0.2) is 24.3 Å². The molecule has 0 aromatic heterocycles. The fourth-order valence-electron chi connectivity index (χ4n) is 2.74. The predicted octanol–water partition coefficient (Wildman–Crippen LogP) is 2.50. The molecule has 1 amide bonds. The van der Waals surface area contributed by atoms with Crippen LogP contribution in [0.5, 0.6) is 0 Å². The second-order valence-electron chi connectivity index (χ2n) is 5.63. The Labute approximate surface area is 115 Å². The molecule has 0 heterocycles. The SMILES string of the molecule is CCC1(CNC(=O)c2cccc(CCN)c2)CCC1. The van der Waals surface area contributed by atoms with Crippen LogP contribution in [0.2, 0.25) is 0 Å². The number of hydrogen-bond acceptors (Lipinski definition) is 2. The lowest BCUT2D eigenvalue weighted by Gasteiger charge is -2.41. The summed E-state index contributed by atoms with van der Waals surface area (Å²) in [5, 5.41) is 3.09. The molecule has 0 saturated heterocycles. The smallest absolute Gasteiger partial charge is 0.251 e. The number of benzene rings is 1.